The zero-order valence-corrected chi connectivity index (χ0v) is 8.62. The number of hydrogen-bond donors (Lipinski definition) is 0. The van der Waals surface area contributed by atoms with Crippen LogP contribution in [0.3, 0.4) is 0 Å². The first-order valence-electron chi connectivity index (χ1n) is 4.48. The molecule has 1 aromatic carbocycles. The molecule has 13 heavy (non-hydrogen) atoms. The average Bonchev–Trinajstić information content (AvgIpc) is 2.41. The van der Waals surface area contributed by atoms with Crippen molar-refractivity contribution in [2.75, 3.05) is 23.4 Å². The van der Waals surface area contributed by atoms with Crippen molar-refractivity contribution in [3.05, 3.63) is 24.3 Å². The summed E-state index contributed by atoms with van der Waals surface area (Å²) in [7, 11) is 2.02. The fourth-order valence-corrected chi connectivity index (χ4v) is 2.11. The van der Waals surface area contributed by atoms with Crippen LogP contribution in [-0.2, 0) is 0 Å². The van der Waals surface area contributed by atoms with E-state index in [1.165, 1.54) is 11.4 Å². The van der Waals surface area contributed by atoms with E-state index >= 15 is 0 Å². The molecule has 1 unspecified atom stereocenters. The first kappa shape index (κ1) is 8.70. The minimum absolute atomic E-state index is 0.0394. The van der Waals surface area contributed by atoms with E-state index < -0.39 is 0 Å². The highest BCUT2D eigenvalue weighted by atomic mass is 35.5. The van der Waals surface area contributed by atoms with Crippen molar-refractivity contribution in [2.24, 2.45) is 0 Å². The molecule has 0 bridgehead atoms. The molecule has 0 fully saturated rings. The molecular weight excluding hydrogens is 184 g/mol. The van der Waals surface area contributed by atoms with Crippen molar-refractivity contribution in [2.45, 2.75) is 12.5 Å². The number of hydrogen-bond acceptors (Lipinski definition) is 2. The van der Waals surface area contributed by atoms with Gasteiger partial charge in [-0.25, -0.2) is 0 Å². The van der Waals surface area contributed by atoms with Gasteiger partial charge in [0.25, 0.3) is 0 Å². The van der Waals surface area contributed by atoms with Gasteiger partial charge < -0.3 is 9.80 Å². The minimum atomic E-state index is -0.0394. The number of rotatable bonds is 1. The van der Waals surface area contributed by atoms with Gasteiger partial charge >= 0.3 is 0 Å². The second-order valence-electron chi connectivity index (χ2n) is 3.20. The van der Waals surface area contributed by atoms with Crippen LogP contribution in [0.4, 0.5) is 11.4 Å². The van der Waals surface area contributed by atoms with Gasteiger partial charge in [-0.1, -0.05) is 23.7 Å². The van der Waals surface area contributed by atoms with Crippen LogP contribution in [-0.4, -0.2) is 19.2 Å². The van der Waals surface area contributed by atoms with Crippen molar-refractivity contribution in [1.29, 1.82) is 0 Å². The molecule has 0 radical (unpaired) electrons. The molecule has 0 aliphatic carbocycles. The molecule has 0 N–H and O–H groups in total. The van der Waals surface area contributed by atoms with Crippen molar-refractivity contribution >= 4 is 23.0 Å². The van der Waals surface area contributed by atoms with Crippen LogP contribution in [0.1, 0.15) is 6.92 Å². The van der Waals surface area contributed by atoms with E-state index in [2.05, 4.69) is 28.9 Å². The van der Waals surface area contributed by atoms with E-state index in [-0.39, 0.29) is 5.62 Å². The first-order valence-corrected chi connectivity index (χ1v) is 4.92. The quantitative estimate of drug-likeness (QED) is 0.503. The van der Waals surface area contributed by atoms with Gasteiger partial charge in [0.2, 0.25) is 0 Å². The number of alkyl halides is 1. The van der Waals surface area contributed by atoms with E-state index in [1.54, 1.807) is 0 Å². The van der Waals surface area contributed by atoms with Gasteiger partial charge in [-0.3, -0.25) is 0 Å². The Morgan fingerprint density at radius 2 is 1.92 bits per heavy atom. The Bertz CT molecular complexity index is 314. The van der Waals surface area contributed by atoms with Crippen molar-refractivity contribution < 1.29 is 0 Å². The maximum atomic E-state index is 6.25. The number of fused-ring (bicyclic) bond motifs is 1. The van der Waals surface area contributed by atoms with Crippen LogP contribution in [0.5, 0.6) is 0 Å². The Balaban J connectivity index is 2.47. The van der Waals surface area contributed by atoms with Gasteiger partial charge in [0, 0.05) is 13.6 Å². The lowest BCUT2D eigenvalue weighted by atomic mass is 10.2. The highest BCUT2D eigenvalue weighted by molar-refractivity contribution is 6.24. The molecule has 1 aliphatic heterocycles. The summed E-state index contributed by atoms with van der Waals surface area (Å²) in [4.78, 5) is 4.26. The molecule has 70 valence electrons. The molecule has 1 heterocycles. The van der Waals surface area contributed by atoms with Crippen LogP contribution < -0.4 is 9.80 Å². The average molecular weight is 197 g/mol. The third kappa shape index (κ3) is 1.17. The summed E-state index contributed by atoms with van der Waals surface area (Å²) in [5, 5.41) is 0. The van der Waals surface area contributed by atoms with E-state index in [1.807, 2.05) is 19.2 Å². The zero-order valence-electron chi connectivity index (χ0n) is 7.87. The smallest absolute Gasteiger partial charge is 0.180 e. The summed E-state index contributed by atoms with van der Waals surface area (Å²) in [5.41, 5.74) is 2.40. The predicted molar refractivity (Wildman–Crippen MR) is 57.5 cm³/mol. The van der Waals surface area contributed by atoms with Gasteiger partial charge in [0.15, 0.2) is 5.62 Å². The third-order valence-corrected chi connectivity index (χ3v) is 3.02. The SMILES string of the molecule is CCN1c2ccccc2N(C)C1Cl. The second-order valence-corrected chi connectivity index (χ2v) is 3.59. The third-order valence-electron chi connectivity index (χ3n) is 2.49. The maximum absolute atomic E-state index is 6.25. The molecule has 0 aromatic heterocycles. The summed E-state index contributed by atoms with van der Waals surface area (Å²) in [6.45, 7) is 3.06. The Kier molecular flexibility index (Phi) is 2.08. The lowest BCUT2D eigenvalue weighted by Crippen LogP contribution is -2.36. The van der Waals surface area contributed by atoms with Gasteiger partial charge in [0.05, 0.1) is 11.4 Å². The zero-order chi connectivity index (χ0) is 9.42. The largest absolute Gasteiger partial charge is 0.340 e. The van der Waals surface area contributed by atoms with E-state index in [9.17, 15) is 0 Å². The molecule has 2 rings (SSSR count). The fourth-order valence-electron chi connectivity index (χ4n) is 1.76. The highest BCUT2D eigenvalue weighted by Crippen LogP contribution is 2.39. The van der Waals surface area contributed by atoms with Crippen LogP contribution in [0.2, 0.25) is 0 Å². The summed E-state index contributed by atoms with van der Waals surface area (Å²) < 4.78 is 0. The number of anilines is 2. The van der Waals surface area contributed by atoms with Gasteiger partial charge in [0.1, 0.15) is 0 Å². The molecule has 0 amide bonds. The summed E-state index contributed by atoms with van der Waals surface area (Å²) in [6, 6.07) is 8.29. The topological polar surface area (TPSA) is 6.48 Å². The molecule has 0 saturated heterocycles. The Labute approximate surface area is 83.7 Å². The molecular formula is C10H13ClN2. The lowest BCUT2D eigenvalue weighted by Gasteiger charge is -2.23. The Morgan fingerprint density at radius 1 is 1.31 bits per heavy atom. The second kappa shape index (κ2) is 3.11. The molecule has 3 heteroatoms. The summed E-state index contributed by atoms with van der Waals surface area (Å²) >= 11 is 6.25. The molecule has 2 nitrogen and oxygen atoms in total. The van der Waals surface area contributed by atoms with E-state index in [4.69, 9.17) is 11.6 Å². The van der Waals surface area contributed by atoms with Crippen molar-refractivity contribution in [3.8, 4) is 0 Å². The maximum Gasteiger partial charge on any atom is 0.180 e. The molecule has 1 aliphatic rings. The molecule has 0 saturated carbocycles. The van der Waals surface area contributed by atoms with Crippen LogP contribution in [0.25, 0.3) is 0 Å². The predicted octanol–water partition coefficient (Wildman–Crippen LogP) is 2.49. The number of nitrogens with zero attached hydrogens (tertiary/aromatic N) is 2. The minimum Gasteiger partial charge on any atom is -0.340 e. The van der Waals surface area contributed by atoms with E-state index in [0.29, 0.717) is 0 Å². The van der Waals surface area contributed by atoms with E-state index in [0.717, 1.165) is 6.54 Å². The molecule has 0 spiro atoms. The van der Waals surface area contributed by atoms with Gasteiger partial charge in [-0.15, -0.1) is 0 Å². The molecule has 1 aromatic rings. The number of para-hydroxylation sites is 2. The van der Waals surface area contributed by atoms with Crippen LogP contribution >= 0.6 is 11.6 Å². The standard InChI is InChI=1S/C10H13ClN2/c1-3-13-9-7-5-4-6-8(9)12(2)10(13)11/h4-7,10H,3H2,1-2H3. The Morgan fingerprint density at radius 3 is 2.54 bits per heavy atom. The summed E-state index contributed by atoms with van der Waals surface area (Å²) in [5.74, 6) is 0. The highest BCUT2D eigenvalue weighted by Gasteiger charge is 2.29. The fraction of sp³-hybridized carbons (Fsp3) is 0.400. The first-order chi connectivity index (χ1) is 6.25. The van der Waals surface area contributed by atoms with Crippen molar-refractivity contribution in [1.82, 2.24) is 0 Å². The van der Waals surface area contributed by atoms with Crippen LogP contribution in [0, 0.1) is 0 Å². The molecule has 1 atom stereocenters. The van der Waals surface area contributed by atoms with Gasteiger partial charge in [-0.2, -0.15) is 0 Å². The number of halogens is 1. The Hall–Kier alpha value is -0.890. The van der Waals surface area contributed by atoms with Crippen LogP contribution in [0.15, 0.2) is 24.3 Å². The van der Waals surface area contributed by atoms with Crippen molar-refractivity contribution in [3.63, 3.8) is 0 Å². The lowest BCUT2D eigenvalue weighted by molar-refractivity contribution is 0.787. The normalized spacial score (nSPS) is 20.7. The number of benzene rings is 1. The monoisotopic (exact) mass is 196 g/mol. The summed E-state index contributed by atoms with van der Waals surface area (Å²) in [6.07, 6.45) is 0. The van der Waals surface area contributed by atoms with Gasteiger partial charge in [-0.05, 0) is 19.1 Å².